The predicted molar refractivity (Wildman–Crippen MR) is 46.8 cm³/mol. The van der Waals surface area contributed by atoms with Crippen LogP contribution in [0.2, 0.25) is 0 Å². The number of aliphatic hydroxyl groups is 1. The summed E-state index contributed by atoms with van der Waals surface area (Å²) in [6, 6.07) is 3.72. The van der Waals surface area contributed by atoms with Crippen LogP contribution in [0.3, 0.4) is 0 Å². The van der Waals surface area contributed by atoms with Crippen molar-refractivity contribution in [2.24, 2.45) is 5.73 Å². The van der Waals surface area contributed by atoms with Gasteiger partial charge in [0.25, 0.3) is 0 Å². The second-order valence-electron chi connectivity index (χ2n) is 2.74. The van der Waals surface area contributed by atoms with Gasteiger partial charge in [-0.25, -0.2) is 0 Å². The summed E-state index contributed by atoms with van der Waals surface area (Å²) in [6.45, 7) is 0.355. The molecule has 0 aliphatic rings. The third-order valence-corrected chi connectivity index (χ3v) is 1.91. The Hall–Kier alpha value is -1.46. The minimum atomic E-state index is -0.116. The van der Waals surface area contributed by atoms with Crippen LogP contribution in [0.4, 0.5) is 0 Å². The summed E-state index contributed by atoms with van der Waals surface area (Å²) >= 11 is 0. The van der Waals surface area contributed by atoms with Gasteiger partial charge in [-0.05, 0) is 11.6 Å². The Balaban J connectivity index is 2.64. The Bertz CT molecular complexity index is 423. The number of aliphatic hydroxyl groups excluding tert-OH is 1. The van der Waals surface area contributed by atoms with Gasteiger partial charge in [-0.1, -0.05) is 6.07 Å². The number of nitrogens with two attached hydrogens (primary N) is 1. The van der Waals surface area contributed by atoms with Crippen LogP contribution in [0.1, 0.15) is 11.4 Å². The molecule has 0 fully saturated rings. The smallest absolute Gasteiger partial charge is 0.163 e. The largest absolute Gasteiger partial charge is 0.388 e. The first-order valence-electron chi connectivity index (χ1n) is 3.98. The Kier molecular flexibility index (Phi) is 1.96. The molecular formula is C8H10N4O. The molecule has 2 aromatic rings. The van der Waals surface area contributed by atoms with Crippen LogP contribution in [0, 0.1) is 0 Å². The molecule has 0 amide bonds. The van der Waals surface area contributed by atoms with E-state index in [2.05, 4.69) is 10.2 Å². The molecule has 3 N–H and O–H groups in total. The van der Waals surface area contributed by atoms with E-state index in [4.69, 9.17) is 10.8 Å². The van der Waals surface area contributed by atoms with Crippen molar-refractivity contribution in [1.29, 1.82) is 0 Å². The van der Waals surface area contributed by atoms with Gasteiger partial charge in [0, 0.05) is 12.7 Å². The topological polar surface area (TPSA) is 76.4 Å². The first kappa shape index (κ1) is 8.15. The van der Waals surface area contributed by atoms with Crippen molar-refractivity contribution in [3.05, 3.63) is 29.7 Å². The van der Waals surface area contributed by atoms with Gasteiger partial charge in [0.2, 0.25) is 0 Å². The first-order valence-corrected chi connectivity index (χ1v) is 3.98. The van der Waals surface area contributed by atoms with Gasteiger partial charge in [0.05, 0.1) is 0 Å². The standard InChI is InChI=1S/C8H10N4O/c9-3-6-1-2-7-10-11-8(5-13)12(7)4-6/h1-2,4,13H,3,5,9H2. The summed E-state index contributed by atoms with van der Waals surface area (Å²) in [5.74, 6) is 0.533. The third kappa shape index (κ3) is 1.28. The van der Waals surface area contributed by atoms with E-state index in [-0.39, 0.29) is 6.61 Å². The van der Waals surface area contributed by atoms with E-state index < -0.39 is 0 Å². The summed E-state index contributed by atoms with van der Waals surface area (Å²) in [6.07, 6.45) is 1.83. The van der Waals surface area contributed by atoms with Crippen LogP contribution in [-0.4, -0.2) is 19.7 Å². The molecule has 0 spiro atoms. The van der Waals surface area contributed by atoms with Gasteiger partial charge in [-0.3, -0.25) is 4.40 Å². The molecule has 0 atom stereocenters. The van der Waals surface area contributed by atoms with Crippen LogP contribution in [0.5, 0.6) is 0 Å². The normalized spacial score (nSPS) is 10.9. The fourth-order valence-corrected chi connectivity index (χ4v) is 1.21. The van der Waals surface area contributed by atoms with Gasteiger partial charge in [-0.2, -0.15) is 0 Å². The van der Waals surface area contributed by atoms with Gasteiger partial charge in [0.1, 0.15) is 6.61 Å². The number of rotatable bonds is 2. The van der Waals surface area contributed by atoms with E-state index in [1.54, 1.807) is 4.40 Å². The molecule has 0 saturated carbocycles. The summed E-state index contributed by atoms with van der Waals surface area (Å²) in [7, 11) is 0. The average molecular weight is 178 g/mol. The van der Waals surface area contributed by atoms with Crippen LogP contribution >= 0.6 is 0 Å². The summed E-state index contributed by atoms with van der Waals surface area (Å²) < 4.78 is 1.74. The molecular weight excluding hydrogens is 168 g/mol. The van der Waals surface area contributed by atoms with Crippen LogP contribution in [-0.2, 0) is 13.2 Å². The van der Waals surface area contributed by atoms with Gasteiger partial charge in [-0.15, -0.1) is 10.2 Å². The van der Waals surface area contributed by atoms with Gasteiger partial charge < -0.3 is 10.8 Å². The van der Waals surface area contributed by atoms with Crippen molar-refractivity contribution in [3.63, 3.8) is 0 Å². The fraction of sp³-hybridized carbons (Fsp3) is 0.250. The van der Waals surface area contributed by atoms with Crippen molar-refractivity contribution >= 4 is 5.65 Å². The van der Waals surface area contributed by atoms with Crippen molar-refractivity contribution in [2.75, 3.05) is 0 Å². The number of nitrogens with zero attached hydrogens (tertiary/aromatic N) is 3. The number of fused-ring (bicyclic) bond motifs is 1. The minimum Gasteiger partial charge on any atom is -0.388 e. The molecule has 0 aliphatic heterocycles. The number of aromatic nitrogens is 3. The lowest BCUT2D eigenvalue weighted by atomic mass is 10.3. The predicted octanol–water partition coefficient (Wildman–Crippen LogP) is -0.320. The highest BCUT2D eigenvalue weighted by atomic mass is 16.3. The second kappa shape index (κ2) is 3.12. The minimum absolute atomic E-state index is 0.116. The Morgan fingerprint density at radius 1 is 1.38 bits per heavy atom. The Morgan fingerprint density at radius 3 is 2.92 bits per heavy atom. The highest BCUT2D eigenvalue weighted by Gasteiger charge is 2.03. The van der Waals surface area contributed by atoms with Crippen LogP contribution in [0.25, 0.3) is 5.65 Å². The molecule has 5 heteroatoms. The maximum Gasteiger partial charge on any atom is 0.163 e. The lowest BCUT2D eigenvalue weighted by Gasteiger charge is -1.99. The molecule has 0 unspecified atom stereocenters. The molecule has 0 bridgehead atoms. The van der Waals surface area contributed by atoms with E-state index >= 15 is 0 Å². The van der Waals surface area contributed by atoms with Gasteiger partial charge in [0.15, 0.2) is 11.5 Å². The summed E-state index contributed by atoms with van der Waals surface area (Å²) in [5, 5.41) is 16.6. The van der Waals surface area contributed by atoms with E-state index in [0.29, 0.717) is 12.4 Å². The maximum absolute atomic E-state index is 8.93. The van der Waals surface area contributed by atoms with Crippen molar-refractivity contribution < 1.29 is 5.11 Å². The zero-order valence-corrected chi connectivity index (χ0v) is 7.01. The quantitative estimate of drug-likeness (QED) is 0.660. The molecule has 2 heterocycles. The number of pyridine rings is 1. The lowest BCUT2D eigenvalue weighted by Crippen LogP contribution is -2.00. The SMILES string of the molecule is NCc1ccc2nnc(CO)n2c1. The molecule has 2 aromatic heterocycles. The van der Waals surface area contributed by atoms with Crippen LogP contribution in [0.15, 0.2) is 18.3 Å². The second-order valence-corrected chi connectivity index (χ2v) is 2.74. The Morgan fingerprint density at radius 2 is 2.23 bits per heavy atom. The highest BCUT2D eigenvalue weighted by Crippen LogP contribution is 2.06. The molecule has 68 valence electrons. The number of hydrogen-bond acceptors (Lipinski definition) is 4. The monoisotopic (exact) mass is 178 g/mol. The number of hydrogen-bond donors (Lipinski definition) is 2. The highest BCUT2D eigenvalue weighted by molar-refractivity contribution is 5.39. The third-order valence-electron chi connectivity index (χ3n) is 1.91. The zero-order valence-electron chi connectivity index (χ0n) is 7.01. The first-order chi connectivity index (χ1) is 6.35. The van der Waals surface area contributed by atoms with E-state index in [1.807, 2.05) is 18.3 Å². The Labute approximate surface area is 74.8 Å². The molecule has 5 nitrogen and oxygen atoms in total. The van der Waals surface area contributed by atoms with Crippen molar-refractivity contribution in [3.8, 4) is 0 Å². The van der Waals surface area contributed by atoms with Gasteiger partial charge >= 0.3 is 0 Å². The van der Waals surface area contributed by atoms with E-state index in [0.717, 1.165) is 11.2 Å². The maximum atomic E-state index is 8.93. The lowest BCUT2D eigenvalue weighted by molar-refractivity contribution is 0.270. The molecule has 0 saturated heterocycles. The van der Waals surface area contributed by atoms with Crippen molar-refractivity contribution in [2.45, 2.75) is 13.2 Å². The molecule has 2 rings (SSSR count). The van der Waals surface area contributed by atoms with Crippen LogP contribution < -0.4 is 5.73 Å². The molecule has 0 aromatic carbocycles. The van der Waals surface area contributed by atoms with E-state index in [1.165, 1.54) is 0 Å². The fourth-order valence-electron chi connectivity index (χ4n) is 1.21. The zero-order chi connectivity index (χ0) is 9.26. The molecule has 13 heavy (non-hydrogen) atoms. The summed E-state index contributed by atoms with van der Waals surface area (Å²) in [4.78, 5) is 0. The summed E-state index contributed by atoms with van der Waals surface area (Å²) in [5.41, 5.74) is 7.20. The van der Waals surface area contributed by atoms with Crippen molar-refractivity contribution in [1.82, 2.24) is 14.6 Å². The van der Waals surface area contributed by atoms with E-state index in [9.17, 15) is 0 Å². The average Bonchev–Trinajstić information content (AvgIpc) is 2.59. The molecule has 0 aliphatic carbocycles. The molecule has 0 radical (unpaired) electrons.